The molecule has 3 aromatic carbocycles. The van der Waals surface area contributed by atoms with Crippen molar-refractivity contribution in [1.82, 2.24) is 0 Å². The molecule has 1 N–H and O–H groups in total. The van der Waals surface area contributed by atoms with Crippen LogP contribution < -0.4 is 14.2 Å². The van der Waals surface area contributed by atoms with Crippen molar-refractivity contribution in [1.29, 1.82) is 0 Å². The average molecular weight is 418 g/mol. The molecule has 3 rings (SSSR count). The number of benzene rings is 3. The summed E-state index contributed by atoms with van der Waals surface area (Å²) < 4.78 is 52.4. The number of rotatable bonds is 7. The third-order valence-electron chi connectivity index (χ3n) is 4.00. The highest BCUT2D eigenvalue weighted by molar-refractivity contribution is 5.71. The van der Waals surface area contributed by atoms with Crippen LogP contribution in [0.4, 0.5) is 13.2 Å². The Kier molecular flexibility index (Phi) is 6.15. The van der Waals surface area contributed by atoms with E-state index in [1.54, 1.807) is 48.5 Å². The quantitative estimate of drug-likeness (QED) is 0.535. The van der Waals surface area contributed by atoms with Crippen molar-refractivity contribution in [3.63, 3.8) is 0 Å². The lowest BCUT2D eigenvalue weighted by Gasteiger charge is -2.12. The zero-order valence-corrected chi connectivity index (χ0v) is 15.8. The molecule has 0 radical (unpaired) electrons. The largest absolute Gasteiger partial charge is 0.573 e. The van der Waals surface area contributed by atoms with Crippen LogP contribution in [-0.2, 0) is 11.2 Å². The van der Waals surface area contributed by atoms with Gasteiger partial charge in [0.1, 0.15) is 23.0 Å². The first kappa shape index (κ1) is 21.0. The number of hydrogen-bond acceptors (Lipinski definition) is 4. The van der Waals surface area contributed by atoms with Gasteiger partial charge in [0.2, 0.25) is 0 Å². The molecular weight excluding hydrogens is 401 g/mol. The fraction of sp³-hybridized carbons (Fsp3) is 0.136. The molecule has 0 unspecified atom stereocenters. The van der Waals surface area contributed by atoms with Crippen molar-refractivity contribution in [3.05, 3.63) is 72.3 Å². The van der Waals surface area contributed by atoms with E-state index >= 15 is 0 Å². The van der Waals surface area contributed by atoms with Gasteiger partial charge in [-0.2, -0.15) is 0 Å². The van der Waals surface area contributed by atoms with Gasteiger partial charge in [0, 0.05) is 6.07 Å². The summed E-state index contributed by atoms with van der Waals surface area (Å²) in [7, 11) is 1.46. The summed E-state index contributed by atoms with van der Waals surface area (Å²) in [4.78, 5) is 11.0. The highest BCUT2D eigenvalue weighted by Crippen LogP contribution is 2.32. The molecule has 0 aliphatic rings. The van der Waals surface area contributed by atoms with Crippen molar-refractivity contribution < 1.29 is 37.3 Å². The lowest BCUT2D eigenvalue weighted by molar-refractivity contribution is -0.274. The van der Waals surface area contributed by atoms with E-state index in [4.69, 9.17) is 14.6 Å². The van der Waals surface area contributed by atoms with E-state index in [0.717, 1.165) is 0 Å². The zero-order chi connectivity index (χ0) is 21.7. The van der Waals surface area contributed by atoms with Crippen molar-refractivity contribution in [2.75, 3.05) is 7.11 Å². The van der Waals surface area contributed by atoms with Gasteiger partial charge in [-0.3, -0.25) is 4.79 Å². The van der Waals surface area contributed by atoms with Gasteiger partial charge in [-0.15, -0.1) is 13.2 Å². The molecule has 0 saturated carbocycles. The van der Waals surface area contributed by atoms with Crippen LogP contribution in [0.2, 0.25) is 0 Å². The van der Waals surface area contributed by atoms with E-state index in [-0.39, 0.29) is 12.2 Å². The Morgan fingerprint density at radius 3 is 2.07 bits per heavy atom. The molecule has 30 heavy (non-hydrogen) atoms. The molecule has 0 aromatic heterocycles. The van der Waals surface area contributed by atoms with Crippen molar-refractivity contribution in [2.45, 2.75) is 12.8 Å². The fourth-order valence-corrected chi connectivity index (χ4v) is 2.83. The first-order valence-corrected chi connectivity index (χ1v) is 8.76. The van der Waals surface area contributed by atoms with Crippen LogP contribution >= 0.6 is 0 Å². The van der Waals surface area contributed by atoms with Gasteiger partial charge in [-0.1, -0.05) is 24.3 Å². The minimum absolute atomic E-state index is 0.195. The van der Waals surface area contributed by atoms with Crippen LogP contribution in [0.1, 0.15) is 5.56 Å². The Hall–Kier alpha value is -3.68. The maximum Gasteiger partial charge on any atom is 0.573 e. The average Bonchev–Trinajstić information content (AvgIpc) is 2.66. The number of ether oxygens (including phenoxy) is 3. The van der Waals surface area contributed by atoms with E-state index in [0.29, 0.717) is 33.9 Å². The summed E-state index contributed by atoms with van der Waals surface area (Å²) in [6.07, 6.45) is -4.97. The molecule has 0 saturated heterocycles. The first-order valence-electron chi connectivity index (χ1n) is 8.76. The van der Waals surface area contributed by atoms with Crippen LogP contribution in [-0.4, -0.2) is 24.5 Å². The molecule has 0 atom stereocenters. The molecule has 3 aromatic rings. The summed E-state index contributed by atoms with van der Waals surface area (Å²) in [6.45, 7) is 0. The van der Waals surface area contributed by atoms with Gasteiger partial charge >= 0.3 is 12.3 Å². The molecule has 0 aliphatic heterocycles. The predicted octanol–water partition coefficient (Wildman–Crippen LogP) is 5.68. The highest BCUT2D eigenvalue weighted by Gasteiger charge is 2.31. The van der Waals surface area contributed by atoms with Gasteiger partial charge in [-0.25, -0.2) is 0 Å². The predicted molar refractivity (Wildman–Crippen MR) is 103 cm³/mol. The third kappa shape index (κ3) is 5.91. The van der Waals surface area contributed by atoms with E-state index < -0.39 is 12.3 Å². The second-order valence-corrected chi connectivity index (χ2v) is 6.29. The van der Waals surface area contributed by atoms with Gasteiger partial charge < -0.3 is 19.3 Å². The Morgan fingerprint density at radius 1 is 0.867 bits per heavy atom. The van der Waals surface area contributed by atoms with Crippen LogP contribution in [0, 0.1) is 0 Å². The number of aliphatic carboxylic acids is 1. The maximum atomic E-state index is 12.5. The highest BCUT2D eigenvalue weighted by atomic mass is 19.4. The summed E-state index contributed by atoms with van der Waals surface area (Å²) in [5, 5.41) is 9.00. The molecular formula is C22H17F3O5. The fourth-order valence-electron chi connectivity index (χ4n) is 2.83. The lowest BCUT2D eigenvalue weighted by Crippen LogP contribution is -2.17. The Morgan fingerprint density at radius 2 is 1.47 bits per heavy atom. The summed E-state index contributed by atoms with van der Waals surface area (Å²) in [6, 6.07) is 17.2. The normalized spacial score (nSPS) is 11.1. The number of carbonyl (C=O) groups is 1. The minimum Gasteiger partial charge on any atom is -0.497 e. The van der Waals surface area contributed by atoms with Crippen LogP contribution in [0.3, 0.4) is 0 Å². The van der Waals surface area contributed by atoms with E-state index in [1.165, 1.54) is 25.3 Å². The number of carboxylic acid groups (broad SMARTS) is 1. The summed E-state index contributed by atoms with van der Waals surface area (Å²) in [5.41, 5.74) is 1.64. The topological polar surface area (TPSA) is 65.0 Å². The van der Waals surface area contributed by atoms with Crippen LogP contribution in [0.5, 0.6) is 23.0 Å². The standard InChI is InChI=1S/C22H17F3O5/c1-28-19-8-14(10-21(26)27)9-20(13-19)29-17-6-2-4-15(11-17)16-5-3-7-18(12-16)30-22(23,24)25/h2-9,11-13H,10H2,1H3,(H,26,27). The Labute approximate surface area is 170 Å². The summed E-state index contributed by atoms with van der Waals surface area (Å²) in [5.74, 6) is -0.0763. The second kappa shape index (κ2) is 8.77. The molecule has 0 spiro atoms. The van der Waals surface area contributed by atoms with Crippen molar-refractivity contribution >= 4 is 5.97 Å². The van der Waals surface area contributed by atoms with Crippen LogP contribution in [0.25, 0.3) is 11.1 Å². The molecule has 0 heterocycles. The SMILES string of the molecule is COc1cc(CC(=O)O)cc(Oc2cccc(-c3cccc(OC(F)(F)F)c3)c2)c1. The number of hydrogen-bond donors (Lipinski definition) is 1. The number of alkyl halides is 3. The van der Waals surface area contributed by atoms with Gasteiger partial charge in [0.05, 0.1) is 13.5 Å². The van der Waals surface area contributed by atoms with E-state index in [2.05, 4.69) is 4.74 Å². The van der Waals surface area contributed by atoms with E-state index in [1.807, 2.05) is 0 Å². The first-order chi connectivity index (χ1) is 14.2. The Bertz CT molecular complexity index is 1050. The second-order valence-electron chi connectivity index (χ2n) is 6.29. The zero-order valence-electron chi connectivity index (χ0n) is 15.8. The number of halogens is 3. The number of methoxy groups -OCH3 is 1. The van der Waals surface area contributed by atoms with Gasteiger partial charge in [-0.05, 0) is 53.1 Å². The van der Waals surface area contributed by atoms with Gasteiger partial charge in [0.15, 0.2) is 0 Å². The summed E-state index contributed by atoms with van der Waals surface area (Å²) >= 11 is 0. The molecule has 0 amide bonds. The smallest absolute Gasteiger partial charge is 0.497 e. The molecule has 8 heteroatoms. The van der Waals surface area contributed by atoms with E-state index in [9.17, 15) is 18.0 Å². The molecule has 156 valence electrons. The minimum atomic E-state index is -4.77. The van der Waals surface area contributed by atoms with Gasteiger partial charge in [0.25, 0.3) is 0 Å². The lowest BCUT2D eigenvalue weighted by atomic mass is 10.1. The molecule has 0 fully saturated rings. The molecule has 5 nitrogen and oxygen atoms in total. The third-order valence-corrected chi connectivity index (χ3v) is 4.00. The monoisotopic (exact) mass is 418 g/mol. The van der Waals surface area contributed by atoms with Crippen molar-refractivity contribution in [3.8, 4) is 34.1 Å². The number of carboxylic acids is 1. The molecule has 0 bridgehead atoms. The molecule has 0 aliphatic carbocycles. The van der Waals surface area contributed by atoms with Crippen molar-refractivity contribution in [2.24, 2.45) is 0 Å². The maximum absolute atomic E-state index is 12.5. The van der Waals surface area contributed by atoms with Crippen LogP contribution in [0.15, 0.2) is 66.7 Å². The Balaban J connectivity index is 1.86.